The lowest BCUT2D eigenvalue weighted by atomic mass is 9.77. The molecule has 1 N–H and O–H groups in total. The second-order valence-corrected chi connectivity index (χ2v) is 6.51. The van der Waals surface area contributed by atoms with Crippen LogP contribution in [0.15, 0.2) is 0 Å². The average molecular weight is 238 g/mol. The Bertz CT molecular complexity index is 213. The minimum atomic E-state index is 0.832. The maximum Gasteiger partial charge on any atom is 0.0144 e. The maximum atomic E-state index is 3.47. The van der Waals surface area contributed by atoms with Crippen LogP contribution in [0.5, 0.6) is 0 Å². The fourth-order valence-electron chi connectivity index (χ4n) is 4.13. The van der Waals surface area contributed by atoms with Gasteiger partial charge in [-0.3, -0.25) is 0 Å². The Balaban J connectivity index is 1.86. The predicted molar refractivity (Wildman–Crippen MR) is 74.2 cm³/mol. The Morgan fingerprint density at radius 2 is 1.59 bits per heavy atom. The standard InChI is InChI=1S/C15H30N2/c1-12-5-4-6-13(2)15(12)17(3)11-14-7-9-16-10-8-14/h12-16H,4-11H2,1-3H3. The van der Waals surface area contributed by atoms with Crippen LogP contribution in [0.2, 0.25) is 0 Å². The van der Waals surface area contributed by atoms with Gasteiger partial charge in [0.25, 0.3) is 0 Å². The first-order valence-electron chi connectivity index (χ1n) is 7.59. The molecule has 0 spiro atoms. The van der Waals surface area contributed by atoms with Crippen LogP contribution in [0.4, 0.5) is 0 Å². The molecule has 2 atom stereocenters. The lowest BCUT2D eigenvalue weighted by molar-refractivity contribution is 0.0735. The Labute approximate surface area is 107 Å². The second kappa shape index (κ2) is 6.19. The zero-order chi connectivity index (χ0) is 12.3. The van der Waals surface area contributed by atoms with Gasteiger partial charge in [0.2, 0.25) is 0 Å². The van der Waals surface area contributed by atoms with Crippen molar-refractivity contribution >= 4 is 0 Å². The normalized spacial score (nSPS) is 36.4. The zero-order valence-electron chi connectivity index (χ0n) is 11.9. The molecule has 100 valence electrons. The molecule has 17 heavy (non-hydrogen) atoms. The lowest BCUT2D eigenvalue weighted by Gasteiger charge is -2.42. The highest BCUT2D eigenvalue weighted by molar-refractivity contribution is 4.85. The minimum Gasteiger partial charge on any atom is -0.317 e. The highest BCUT2D eigenvalue weighted by Gasteiger charge is 2.31. The zero-order valence-corrected chi connectivity index (χ0v) is 11.9. The van der Waals surface area contributed by atoms with E-state index in [4.69, 9.17) is 0 Å². The van der Waals surface area contributed by atoms with E-state index in [1.165, 1.54) is 51.7 Å². The molecule has 1 saturated carbocycles. The van der Waals surface area contributed by atoms with E-state index in [-0.39, 0.29) is 0 Å². The van der Waals surface area contributed by atoms with Gasteiger partial charge in [-0.1, -0.05) is 20.3 Å². The van der Waals surface area contributed by atoms with E-state index < -0.39 is 0 Å². The van der Waals surface area contributed by atoms with E-state index in [2.05, 4.69) is 31.1 Å². The fourth-order valence-corrected chi connectivity index (χ4v) is 4.13. The Hall–Kier alpha value is -0.0800. The van der Waals surface area contributed by atoms with Crippen LogP contribution in [0, 0.1) is 17.8 Å². The molecule has 2 unspecified atom stereocenters. The van der Waals surface area contributed by atoms with Gasteiger partial charge in [-0.2, -0.15) is 0 Å². The first kappa shape index (κ1) is 13.4. The smallest absolute Gasteiger partial charge is 0.0144 e. The summed E-state index contributed by atoms with van der Waals surface area (Å²) in [5, 5.41) is 3.47. The Morgan fingerprint density at radius 3 is 2.18 bits per heavy atom. The van der Waals surface area contributed by atoms with E-state index in [0.29, 0.717) is 0 Å². The van der Waals surface area contributed by atoms with Crippen LogP contribution in [-0.4, -0.2) is 37.6 Å². The van der Waals surface area contributed by atoms with Crippen LogP contribution < -0.4 is 5.32 Å². The van der Waals surface area contributed by atoms with E-state index in [1.54, 1.807) is 0 Å². The first-order chi connectivity index (χ1) is 8.18. The number of hydrogen-bond acceptors (Lipinski definition) is 2. The monoisotopic (exact) mass is 238 g/mol. The molecule has 2 aliphatic rings. The summed E-state index contributed by atoms with van der Waals surface area (Å²) in [6.07, 6.45) is 7.07. The Morgan fingerprint density at radius 1 is 1.00 bits per heavy atom. The van der Waals surface area contributed by atoms with Gasteiger partial charge in [0.1, 0.15) is 0 Å². The molecule has 0 aromatic heterocycles. The molecular formula is C15H30N2. The van der Waals surface area contributed by atoms with Gasteiger partial charge in [0, 0.05) is 12.6 Å². The molecule has 1 saturated heterocycles. The van der Waals surface area contributed by atoms with E-state index in [0.717, 1.165) is 23.8 Å². The highest BCUT2D eigenvalue weighted by Crippen LogP contribution is 2.32. The number of nitrogens with zero attached hydrogens (tertiary/aromatic N) is 1. The molecular weight excluding hydrogens is 208 g/mol. The van der Waals surface area contributed by atoms with Crippen molar-refractivity contribution in [2.75, 3.05) is 26.7 Å². The molecule has 0 bridgehead atoms. The van der Waals surface area contributed by atoms with Gasteiger partial charge in [-0.15, -0.1) is 0 Å². The maximum absolute atomic E-state index is 3.47. The van der Waals surface area contributed by atoms with Gasteiger partial charge < -0.3 is 10.2 Å². The molecule has 2 fully saturated rings. The molecule has 0 amide bonds. The van der Waals surface area contributed by atoms with Crippen molar-refractivity contribution in [3.63, 3.8) is 0 Å². The molecule has 0 aromatic carbocycles. The quantitative estimate of drug-likeness (QED) is 0.813. The summed E-state index contributed by atoms with van der Waals surface area (Å²) in [5.41, 5.74) is 0. The molecule has 0 aromatic rings. The van der Waals surface area contributed by atoms with Crippen molar-refractivity contribution in [2.45, 2.75) is 52.0 Å². The predicted octanol–water partition coefficient (Wildman–Crippen LogP) is 2.74. The number of hydrogen-bond donors (Lipinski definition) is 1. The summed E-state index contributed by atoms with van der Waals surface area (Å²) >= 11 is 0. The molecule has 1 aliphatic heterocycles. The largest absolute Gasteiger partial charge is 0.317 e. The third kappa shape index (κ3) is 3.45. The summed E-state index contributed by atoms with van der Waals surface area (Å²) in [6, 6.07) is 0.832. The molecule has 2 heteroatoms. The lowest BCUT2D eigenvalue weighted by Crippen LogP contribution is -2.47. The minimum absolute atomic E-state index is 0.832. The number of rotatable bonds is 3. The summed E-state index contributed by atoms with van der Waals surface area (Å²) in [6.45, 7) is 8.70. The number of nitrogens with one attached hydrogen (secondary N) is 1. The van der Waals surface area contributed by atoms with Gasteiger partial charge >= 0.3 is 0 Å². The van der Waals surface area contributed by atoms with Crippen molar-refractivity contribution in [3.8, 4) is 0 Å². The second-order valence-electron chi connectivity index (χ2n) is 6.51. The summed E-state index contributed by atoms with van der Waals surface area (Å²) in [4.78, 5) is 2.68. The molecule has 1 heterocycles. The number of piperidine rings is 1. The summed E-state index contributed by atoms with van der Waals surface area (Å²) in [7, 11) is 2.37. The van der Waals surface area contributed by atoms with Crippen molar-refractivity contribution in [1.82, 2.24) is 10.2 Å². The van der Waals surface area contributed by atoms with Crippen LogP contribution in [0.3, 0.4) is 0 Å². The molecule has 0 radical (unpaired) electrons. The highest BCUT2D eigenvalue weighted by atomic mass is 15.1. The van der Waals surface area contributed by atoms with Crippen molar-refractivity contribution in [2.24, 2.45) is 17.8 Å². The van der Waals surface area contributed by atoms with E-state index in [9.17, 15) is 0 Å². The first-order valence-corrected chi connectivity index (χ1v) is 7.59. The average Bonchev–Trinajstić information content (AvgIpc) is 2.30. The van der Waals surface area contributed by atoms with E-state index in [1.807, 2.05) is 0 Å². The third-order valence-corrected chi connectivity index (χ3v) is 5.00. The van der Waals surface area contributed by atoms with Crippen molar-refractivity contribution < 1.29 is 0 Å². The molecule has 1 aliphatic carbocycles. The van der Waals surface area contributed by atoms with Gasteiger partial charge in [0.15, 0.2) is 0 Å². The van der Waals surface area contributed by atoms with Gasteiger partial charge in [0.05, 0.1) is 0 Å². The fraction of sp³-hybridized carbons (Fsp3) is 1.00. The Kier molecular flexibility index (Phi) is 4.87. The summed E-state index contributed by atoms with van der Waals surface area (Å²) in [5.74, 6) is 2.72. The third-order valence-electron chi connectivity index (χ3n) is 5.00. The van der Waals surface area contributed by atoms with Crippen molar-refractivity contribution in [3.05, 3.63) is 0 Å². The topological polar surface area (TPSA) is 15.3 Å². The SMILES string of the molecule is CC1CCCC(C)C1N(C)CC1CCNCC1. The van der Waals surface area contributed by atoms with Crippen LogP contribution in [-0.2, 0) is 0 Å². The van der Waals surface area contributed by atoms with Gasteiger partial charge in [-0.05, 0) is 63.6 Å². The van der Waals surface area contributed by atoms with E-state index >= 15 is 0 Å². The van der Waals surface area contributed by atoms with Crippen LogP contribution in [0.1, 0.15) is 46.0 Å². The van der Waals surface area contributed by atoms with Crippen LogP contribution in [0.25, 0.3) is 0 Å². The van der Waals surface area contributed by atoms with Crippen LogP contribution >= 0.6 is 0 Å². The van der Waals surface area contributed by atoms with Crippen molar-refractivity contribution in [1.29, 1.82) is 0 Å². The molecule has 2 rings (SSSR count). The molecule has 2 nitrogen and oxygen atoms in total. The summed E-state index contributed by atoms with van der Waals surface area (Å²) < 4.78 is 0. The van der Waals surface area contributed by atoms with Gasteiger partial charge in [-0.25, -0.2) is 0 Å².